The number of nitrogens with two attached hydrogens (primary N) is 1. The van der Waals surface area contributed by atoms with Crippen LogP contribution in [0.2, 0.25) is 0 Å². The van der Waals surface area contributed by atoms with Crippen LogP contribution >= 0.6 is 11.3 Å². The summed E-state index contributed by atoms with van der Waals surface area (Å²) in [7, 11) is 0. The Balaban J connectivity index is 1.68. The molecule has 4 rings (SSSR count). The van der Waals surface area contributed by atoms with Crippen LogP contribution in [0.25, 0.3) is 11.1 Å². The molecule has 2 bridgehead atoms. The summed E-state index contributed by atoms with van der Waals surface area (Å²) < 4.78 is 5.66. The molecule has 0 aliphatic carbocycles. The van der Waals surface area contributed by atoms with Crippen LogP contribution in [-0.2, 0) is 14.3 Å². The van der Waals surface area contributed by atoms with Gasteiger partial charge in [-0.05, 0) is 25.3 Å². The monoisotopic (exact) mass is 400 g/mol. The lowest BCUT2D eigenvalue weighted by atomic mass is 9.78. The second-order valence-electron chi connectivity index (χ2n) is 7.14. The number of carbonyl (C=O) groups is 3. The number of aryl methyl sites for hydroxylation is 1. The molecule has 7 nitrogen and oxygen atoms in total. The number of nitrogens with one attached hydrogen (secondary N) is 1. The largest absolute Gasteiger partial charge is 0.481 e. The van der Waals surface area contributed by atoms with Crippen LogP contribution < -0.4 is 11.1 Å². The number of benzene rings is 1. The Bertz CT molecular complexity index is 955. The molecular weight excluding hydrogens is 380 g/mol. The Hall–Kier alpha value is -2.71. The number of thiophene rings is 1. The van der Waals surface area contributed by atoms with E-state index in [0.717, 1.165) is 10.4 Å². The quantitative estimate of drug-likeness (QED) is 0.713. The van der Waals surface area contributed by atoms with Gasteiger partial charge in [0.05, 0.1) is 29.6 Å². The van der Waals surface area contributed by atoms with Crippen molar-refractivity contribution in [1.82, 2.24) is 0 Å². The number of rotatable bonds is 5. The van der Waals surface area contributed by atoms with Gasteiger partial charge in [-0.2, -0.15) is 0 Å². The lowest BCUT2D eigenvalue weighted by Gasteiger charge is -2.23. The molecule has 0 spiro atoms. The van der Waals surface area contributed by atoms with Gasteiger partial charge in [0.2, 0.25) is 5.91 Å². The van der Waals surface area contributed by atoms with Crippen molar-refractivity contribution in [2.24, 2.45) is 17.6 Å². The van der Waals surface area contributed by atoms with E-state index in [1.54, 1.807) is 0 Å². The van der Waals surface area contributed by atoms with E-state index in [1.807, 2.05) is 37.3 Å². The fourth-order valence-electron chi connectivity index (χ4n) is 4.34. The van der Waals surface area contributed by atoms with Crippen molar-refractivity contribution in [2.75, 3.05) is 5.32 Å². The average Bonchev–Trinajstić information content (AvgIpc) is 3.34. The van der Waals surface area contributed by atoms with E-state index >= 15 is 0 Å². The average molecular weight is 400 g/mol. The first kappa shape index (κ1) is 18.6. The first-order valence-corrected chi connectivity index (χ1v) is 9.88. The van der Waals surface area contributed by atoms with E-state index in [2.05, 4.69) is 5.32 Å². The first-order valence-electron chi connectivity index (χ1n) is 9.06. The van der Waals surface area contributed by atoms with Crippen molar-refractivity contribution >= 4 is 34.1 Å². The highest BCUT2D eigenvalue weighted by atomic mass is 32.1. The highest BCUT2D eigenvalue weighted by molar-refractivity contribution is 7.17. The Morgan fingerprint density at radius 1 is 1.14 bits per heavy atom. The fourth-order valence-corrected chi connectivity index (χ4v) is 5.42. The van der Waals surface area contributed by atoms with Gasteiger partial charge in [0.25, 0.3) is 5.91 Å². The third kappa shape index (κ3) is 2.98. The molecule has 3 heterocycles. The summed E-state index contributed by atoms with van der Waals surface area (Å²) >= 11 is 1.26. The first-order chi connectivity index (χ1) is 13.4. The summed E-state index contributed by atoms with van der Waals surface area (Å²) in [5, 5.41) is 12.6. The van der Waals surface area contributed by atoms with Crippen LogP contribution in [0.3, 0.4) is 0 Å². The number of hydrogen-bond donors (Lipinski definition) is 3. The van der Waals surface area contributed by atoms with Crippen molar-refractivity contribution in [3.63, 3.8) is 0 Å². The molecule has 2 aromatic rings. The maximum Gasteiger partial charge on any atom is 0.310 e. The highest BCUT2D eigenvalue weighted by Crippen LogP contribution is 2.45. The fraction of sp³-hybridized carbons (Fsp3) is 0.350. The summed E-state index contributed by atoms with van der Waals surface area (Å²) in [6.45, 7) is 1.86. The van der Waals surface area contributed by atoms with E-state index in [4.69, 9.17) is 10.5 Å². The minimum atomic E-state index is -1.03. The molecule has 2 aliphatic heterocycles. The molecule has 0 unspecified atom stereocenters. The van der Waals surface area contributed by atoms with Crippen LogP contribution in [-0.4, -0.2) is 35.1 Å². The predicted molar refractivity (Wildman–Crippen MR) is 104 cm³/mol. The number of fused-ring (bicyclic) bond motifs is 2. The number of amides is 2. The minimum absolute atomic E-state index is 0.248. The molecule has 4 atom stereocenters. The van der Waals surface area contributed by atoms with Crippen LogP contribution in [0.15, 0.2) is 30.3 Å². The van der Waals surface area contributed by atoms with Crippen molar-refractivity contribution < 1.29 is 24.2 Å². The molecule has 2 aliphatic rings. The van der Waals surface area contributed by atoms with Crippen molar-refractivity contribution in [3.05, 3.63) is 40.8 Å². The zero-order chi connectivity index (χ0) is 20.0. The Morgan fingerprint density at radius 3 is 2.39 bits per heavy atom. The Morgan fingerprint density at radius 2 is 1.79 bits per heavy atom. The van der Waals surface area contributed by atoms with Gasteiger partial charge in [-0.1, -0.05) is 30.3 Å². The highest BCUT2D eigenvalue weighted by Gasteiger charge is 2.55. The maximum absolute atomic E-state index is 13.0. The van der Waals surface area contributed by atoms with E-state index in [0.29, 0.717) is 23.4 Å². The van der Waals surface area contributed by atoms with Crippen LogP contribution in [0.5, 0.6) is 0 Å². The molecule has 2 amide bonds. The van der Waals surface area contributed by atoms with Gasteiger partial charge in [0.15, 0.2) is 0 Å². The molecule has 4 N–H and O–H groups in total. The van der Waals surface area contributed by atoms with E-state index in [9.17, 15) is 19.5 Å². The van der Waals surface area contributed by atoms with E-state index in [1.165, 1.54) is 11.3 Å². The standard InChI is InChI=1S/C20H20N2O5S/c1-9-13(10-5-3-2-4-6-10)16(17(21)23)19(28-9)22-18(24)14-11-7-8-12(27-11)15(14)20(25)26/h2-6,11-12,14-15H,7-8H2,1H3,(H2,21,23)(H,22,24)(H,25,26)/t11-,12-,14-,15-/m0/s1. The number of anilines is 1. The second-order valence-corrected chi connectivity index (χ2v) is 8.36. The summed E-state index contributed by atoms with van der Waals surface area (Å²) in [5.74, 6) is -3.76. The molecule has 8 heteroatoms. The van der Waals surface area contributed by atoms with Gasteiger partial charge in [0, 0.05) is 10.4 Å². The van der Waals surface area contributed by atoms with Crippen LogP contribution in [0, 0.1) is 18.8 Å². The molecule has 2 saturated heterocycles. The second kappa shape index (κ2) is 7.03. The number of carboxylic acid groups (broad SMARTS) is 1. The number of hydrogen-bond acceptors (Lipinski definition) is 5. The molecule has 146 valence electrons. The summed E-state index contributed by atoms with van der Waals surface area (Å²) in [6, 6.07) is 9.34. The summed E-state index contributed by atoms with van der Waals surface area (Å²) in [4.78, 5) is 37.6. The smallest absolute Gasteiger partial charge is 0.310 e. The van der Waals surface area contributed by atoms with Gasteiger partial charge in [-0.15, -0.1) is 11.3 Å². The van der Waals surface area contributed by atoms with Crippen molar-refractivity contribution in [3.8, 4) is 11.1 Å². The number of carbonyl (C=O) groups excluding carboxylic acids is 2. The molecule has 2 fully saturated rings. The van der Waals surface area contributed by atoms with Gasteiger partial charge >= 0.3 is 5.97 Å². The summed E-state index contributed by atoms with van der Waals surface area (Å²) in [5.41, 5.74) is 7.40. The Labute approximate surface area is 165 Å². The molecule has 1 aromatic heterocycles. The van der Waals surface area contributed by atoms with Crippen LogP contribution in [0.1, 0.15) is 28.1 Å². The molecule has 0 radical (unpaired) electrons. The molecule has 0 saturated carbocycles. The van der Waals surface area contributed by atoms with E-state index in [-0.39, 0.29) is 5.56 Å². The SMILES string of the molecule is Cc1sc(NC(=O)[C@@H]2[C@@H](C(=O)O)[C@@H]3CC[C@@H]2O3)c(C(N)=O)c1-c1ccccc1. The third-order valence-corrected chi connectivity index (χ3v) is 6.51. The van der Waals surface area contributed by atoms with Crippen LogP contribution in [0.4, 0.5) is 5.00 Å². The zero-order valence-corrected chi connectivity index (χ0v) is 16.0. The minimum Gasteiger partial charge on any atom is -0.481 e. The lowest BCUT2D eigenvalue weighted by molar-refractivity contribution is -0.147. The van der Waals surface area contributed by atoms with E-state index < -0.39 is 41.8 Å². The number of primary amides is 1. The summed E-state index contributed by atoms with van der Waals surface area (Å²) in [6.07, 6.45) is 0.471. The van der Waals surface area contributed by atoms with Gasteiger partial charge in [0.1, 0.15) is 5.00 Å². The van der Waals surface area contributed by atoms with Gasteiger partial charge in [-0.25, -0.2) is 0 Å². The van der Waals surface area contributed by atoms with Crippen molar-refractivity contribution in [2.45, 2.75) is 32.0 Å². The maximum atomic E-state index is 13.0. The molecular formula is C20H20N2O5S. The number of aliphatic carboxylic acids is 1. The zero-order valence-electron chi connectivity index (χ0n) is 15.2. The van der Waals surface area contributed by atoms with Gasteiger partial charge < -0.3 is 20.9 Å². The topological polar surface area (TPSA) is 119 Å². The Kier molecular flexibility index (Phi) is 4.68. The predicted octanol–water partition coefficient (Wildman–Crippen LogP) is 2.64. The lowest BCUT2D eigenvalue weighted by Crippen LogP contribution is -2.41. The van der Waals surface area contributed by atoms with Gasteiger partial charge in [-0.3, -0.25) is 14.4 Å². The number of ether oxygens (including phenoxy) is 1. The molecule has 1 aromatic carbocycles. The van der Waals surface area contributed by atoms with Crippen molar-refractivity contribution in [1.29, 1.82) is 0 Å². The third-order valence-electron chi connectivity index (χ3n) is 5.49. The normalized spacial score (nSPS) is 25.6. The number of carboxylic acids is 1. The molecule has 28 heavy (non-hydrogen) atoms.